The summed E-state index contributed by atoms with van der Waals surface area (Å²) in [6.45, 7) is 4.67. The van der Waals surface area contributed by atoms with Crippen molar-refractivity contribution >= 4 is 19.5 Å². The Morgan fingerprint density at radius 2 is 0.980 bits per heavy atom. The summed E-state index contributed by atoms with van der Waals surface area (Å²) in [5, 5.41) is 0. The summed E-state index contributed by atoms with van der Waals surface area (Å²) >= 11 is 0. The van der Waals surface area contributed by atoms with E-state index in [1.54, 1.807) is 0 Å². The van der Waals surface area contributed by atoms with E-state index in [0.29, 0.717) is 6.61 Å². The van der Waals surface area contributed by atoms with Gasteiger partial charge in [0.2, 0.25) is 0 Å². The summed E-state index contributed by atoms with van der Waals surface area (Å²) in [5.41, 5.74) is 5.41. The number of carbonyl (C=O) groups excluding carboxylic acids is 2. The van der Waals surface area contributed by atoms with Crippen molar-refractivity contribution in [3.05, 3.63) is 12.2 Å². The van der Waals surface area contributed by atoms with Crippen LogP contribution >= 0.6 is 7.60 Å². The number of rotatable bonds is 39. The first-order valence-corrected chi connectivity index (χ1v) is 22.8. The summed E-state index contributed by atoms with van der Waals surface area (Å²) in [6.07, 6.45) is 38.5. The lowest BCUT2D eigenvalue weighted by molar-refractivity contribution is -0.156. The molecule has 0 aliphatic carbocycles. The summed E-state index contributed by atoms with van der Waals surface area (Å²) in [7, 11) is -3.94. The van der Waals surface area contributed by atoms with E-state index in [9.17, 15) is 19.0 Å². The summed E-state index contributed by atoms with van der Waals surface area (Å²) in [5.74, 6) is -2.12. The van der Waals surface area contributed by atoms with Gasteiger partial charge in [0.25, 0.3) is 0 Å². The number of unbranched alkanes of at least 4 members (excludes halogenated alkanes) is 25. The first-order valence-electron chi connectivity index (χ1n) is 21.0. The van der Waals surface area contributed by atoms with Crippen molar-refractivity contribution in [2.75, 3.05) is 32.5 Å². The van der Waals surface area contributed by atoms with Crippen LogP contribution in [0.4, 0.5) is 0 Å². The van der Waals surface area contributed by atoms with Crippen LogP contribution in [0.5, 0.6) is 0 Å². The van der Waals surface area contributed by atoms with Crippen molar-refractivity contribution in [1.82, 2.24) is 0 Å². The zero-order valence-corrected chi connectivity index (χ0v) is 33.6. The second kappa shape index (κ2) is 37.5. The third-order valence-electron chi connectivity index (χ3n) is 9.30. The smallest absolute Gasteiger partial charge is 0.329 e. The number of carbonyl (C=O) groups is 2. The van der Waals surface area contributed by atoms with Gasteiger partial charge in [0, 0.05) is 6.54 Å². The van der Waals surface area contributed by atoms with Crippen LogP contribution in [-0.4, -0.2) is 49.4 Å². The zero-order chi connectivity index (χ0) is 36.8. The third-order valence-corrected chi connectivity index (χ3v) is 10.7. The molecule has 296 valence electrons. The fourth-order valence-corrected chi connectivity index (χ4v) is 6.90. The topological polar surface area (TPSA) is 125 Å². The Balaban J connectivity index is 4.10. The van der Waals surface area contributed by atoms with Gasteiger partial charge < -0.3 is 24.6 Å². The molecule has 9 heteroatoms. The minimum Gasteiger partial charge on any atom is -0.466 e. The van der Waals surface area contributed by atoms with Gasteiger partial charge in [-0.1, -0.05) is 167 Å². The highest BCUT2D eigenvalue weighted by Gasteiger charge is 2.28. The number of esters is 2. The molecule has 3 N–H and O–H groups in total. The molecule has 0 saturated carbocycles. The van der Waals surface area contributed by atoms with Gasteiger partial charge in [-0.3, -0.25) is 14.2 Å². The second-order valence-electron chi connectivity index (χ2n) is 14.3. The van der Waals surface area contributed by atoms with Crippen LogP contribution < -0.4 is 5.73 Å². The van der Waals surface area contributed by atoms with Crippen LogP contribution in [0.2, 0.25) is 0 Å². The molecule has 0 spiro atoms. The highest BCUT2D eigenvalue weighted by atomic mass is 31.2. The van der Waals surface area contributed by atoms with Crippen molar-refractivity contribution in [2.45, 2.75) is 200 Å². The van der Waals surface area contributed by atoms with E-state index < -0.39 is 25.5 Å². The van der Waals surface area contributed by atoms with E-state index >= 15 is 0 Å². The molecule has 0 amide bonds. The SMILES string of the molecule is CCCCCCCCC=CCCCCCCCOC(=O)C(COP(=O)(O)CCN)CC(=O)OCCCCCCCCCCCCCCCCC. The van der Waals surface area contributed by atoms with Gasteiger partial charge in [0.15, 0.2) is 0 Å². The number of hydrogen-bond acceptors (Lipinski definition) is 7. The van der Waals surface area contributed by atoms with Crippen LogP contribution in [0.25, 0.3) is 0 Å². The Bertz CT molecular complexity index is 838. The molecule has 0 saturated heterocycles. The highest BCUT2D eigenvalue weighted by Crippen LogP contribution is 2.41. The molecule has 50 heavy (non-hydrogen) atoms. The molecule has 0 aromatic heterocycles. The van der Waals surface area contributed by atoms with Crippen LogP contribution in [0.15, 0.2) is 12.2 Å². The fourth-order valence-electron chi connectivity index (χ4n) is 6.03. The van der Waals surface area contributed by atoms with Gasteiger partial charge in [-0.25, -0.2) is 0 Å². The average Bonchev–Trinajstić information content (AvgIpc) is 3.09. The first-order chi connectivity index (χ1) is 24.4. The summed E-state index contributed by atoms with van der Waals surface area (Å²) < 4.78 is 28.1. The second-order valence-corrected chi connectivity index (χ2v) is 16.2. The van der Waals surface area contributed by atoms with Crippen LogP contribution in [0.3, 0.4) is 0 Å². The van der Waals surface area contributed by atoms with Crippen LogP contribution in [-0.2, 0) is 28.2 Å². The van der Waals surface area contributed by atoms with Gasteiger partial charge in [0.05, 0.1) is 38.3 Å². The Morgan fingerprint density at radius 1 is 0.600 bits per heavy atom. The standard InChI is InChI=1S/C41H80NO7P/c1-3-5-7-9-11-13-15-17-19-21-23-25-27-29-31-34-47-40(43)37-39(38-49-50(45,46)36-33-42)41(44)48-35-32-30-28-26-24-22-20-18-16-14-12-10-8-6-4-2/h18,20,39H,3-17,19,21-38,42H2,1-2H3,(H,45,46). The lowest BCUT2D eigenvalue weighted by Crippen LogP contribution is -2.27. The van der Waals surface area contributed by atoms with Crippen molar-refractivity contribution in [2.24, 2.45) is 11.7 Å². The van der Waals surface area contributed by atoms with Gasteiger partial charge in [0.1, 0.15) is 0 Å². The maximum absolute atomic E-state index is 12.8. The summed E-state index contributed by atoms with van der Waals surface area (Å²) in [4.78, 5) is 35.3. The monoisotopic (exact) mass is 730 g/mol. The number of hydrogen-bond donors (Lipinski definition) is 2. The van der Waals surface area contributed by atoms with Gasteiger partial charge in [-0.15, -0.1) is 0 Å². The Hall–Kier alpha value is -1.21. The zero-order valence-electron chi connectivity index (χ0n) is 32.7. The van der Waals surface area contributed by atoms with Gasteiger partial charge in [-0.2, -0.15) is 0 Å². The predicted octanol–water partition coefficient (Wildman–Crippen LogP) is 11.8. The van der Waals surface area contributed by atoms with E-state index in [0.717, 1.165) is 57.8 Å². The quantitative estimate of drug-likeness (QED) is 0.0277. The van der Waals surface area contributed by atoms with E-state index in [-0.39, 0.29) is 32.3 Å². The van der Waals surface area contributed by atoms with Crippen molar-refractivity contribution in [3.8, 4) is 0 Å². The molecule has 0 fully saturated rings. The number of allylic oxidation sites excluding steroid dienone is 2. The maximum Gasteiger partial charge on any atom is 0.329 e. The molecule has 0 bridgehead atoms. The molecule has 0 aromatic carbocycles. The minimum atomic E-state index is -3.94. The molecule has 0 aromatic rings. The van der Waals surface area contributed by atoms with E-state index in [1.807, 2.05) is 0 Å². The lowest BCUT2D eigenvalue weighted by Gasteiger charge is -2.18. The fraction of sp³-hybridized carbons (Fsp3) is 0.902. The number of nitrogens with two attached hydrogens (primary N) is 1. The molecule has 0 heterocycles. The van der Waals surface area contributed by atoms with E-state index in [4.69, 9.17) is 19.7 Å². The molecule has 0 aliphatic rings. The van der Waals surface area contributed by atoms with Gasteiger partial charge >= 0.3 is 19.5 Å². The number of ether oxygens (including phenoxy) is 2. The lowest BCUT2D eigenvalue weighted by atomic mass is 10.0. The molecule has 2 unspecified atom stereocenters. The molecule has 0 aliphatic heterocycles. The molecular formula is C41H80NO7P. The average molecular weight is 730 g/mol. The molecule has 2 atom stereocenters. The highest BCUT2D eigenvalue weighted by molar-refractivity contribution is 7.52. The molecule has 0 radical (unpaired) electrons. The minimum absolute atomic E-state index is 0.0142. The van der Waals surface area contributed by atoms with Crippen LogP contribution in [0, 0.1) is 5.92 Å². The molecule has 8 nitrogen and oxygen atoms in total. The predicted molar refractivity (Wildman–Crippen MR) is 209 cm³/mol. The Labute approximate surface area is 308 Å². The Kier molecular flexibility index (Phi) is 36.6. The van der Waals surface area contributed by atoms with Gasteiger partial charge in [-0.05, 0) is 38.5 Å². The Morgan fingerprint density at radius 3 is 1.40 bits per heavy atom. The molecular weight excluding hydrogens is 649 g/mol. The molecule has 0 rings (SSSR count). The van der Waals surface area contributed by atoms with Crippen molar-refractivity contribution in [3.63, 3.8) is 0 Å². The maximum atomic E-state index is 12.8. The normalized spacial score (nSPS) is 13.4. The van der Waals surface area contributed by atoms with Crippen LogP contribution in [0.1, 0.15) is 200 Å². The first kappa shape index (κ1) is 48.8. The van der Waals surface area contributed by atoms with E-state index in [1.165, 1.54) is 122 Å². The van der Waals surface area contributed by atoms with Crippen molar-refractivity contribution < 1.29 is 33.0 Å². The van der Waals surface area contributed by atoms with Crippen molar-refractivity contribution in [1.29, 1.82) is 0 Å². The summed E-state index contributed by atoms with van der Waals surface area (Å²) in [6, 6.07) is 0. The third kappa shape index (κ3) is 35.2. The van der Waals surface area contributed by atoms with E-state index in [2.05, 4.69) is 26.0 Å². The largest absolute Gasteiger partial charge is 0.466 e.